The molecule has 0 saturated heterocycles. The SMILES string of the molecule is Cc1ccc(NC(=O)N[C@@H](C)c2ccco2)cc1. The minimum absolute atomic E-state index is 0.162. The van der Waals surface area contributed by atoms with Crippen LogP contribution in [-0.4, -0.2) is 6.03 Å². The van der Waals surface area contributed by atoms with Crippen LogP contribution in [-0.2, 0) is 0 Å². The van der Waals surface area contributed by atoms with Crippen LogP contribution in [0.5, 0.6) is 0 Å². The first-order valence-electron chi connectivity index (χ1n) is 5.83. The molecule has 1 aromatic carbocycles. The highest BCUT2D eigenvalue weighted by Crippen LogP contribution is 2.13. The average Bonchev–Trinajstić information content (AvgIpc) is 2.85. The molecule has 1 heterocycles. The van der Waals surface area contributed by atoms with E-state index < -0.39 is 0 Å². The second kappa shape index (κ2) is 5.40. The molecule has 2 N–H and O–H groups in total. The van der Waals surface area contributed by atoms with Gasteiger partial charge in [-0.1, -0.05) is 17.7 Å². The van der Waals surface area contributed by atoms with Crippen molar-refractivity contribution in [3.05, 3.63) is 54.0 Å². The zero-order valence-corrected chi connectivity index (χ0v) is 10.4. The van der Waals surface area contributed by atoms with Gasteiger partial charge in [-0.15, -0.1) is 0 Å². The van der Waals surface area contributed by atoms with Crippen molar-refractivity contribution in [1.82, 2.24) is 5.32 Å². The maximum absolute atomic E-state index is 11.7. The van der Waals surface area contributed by atoms with Gasteiger partial charge in [0.25, 0.3) is 0 Å². The van der Waals surface area contributed by atoms with Gasteiger partial charge in [-0.3, -0.25) is 0 Å². The third-order valence-corrected chi connectivity index (χ3v) is 2.63. The average molecular weight is 244 g/mol. The Morgan fingerprint density at radius 1 is 1.22 bits per heavy atom. The largest absolute Gasteiger partial charge is 0.467 e. The standard InChI is InChI=1S/C14H16N2O2/c1-10-5-7-12(8-6-10)16-14(17)15-11(2)13-4-3-9-18-13/h3-9,11H,1-2H3,(H2,15,16,17)/t11-/m0/s1. The number of aryl methyl sites for hydroxylation is 1. The maximum Gasteiger partial charge on any atom is 0.319 e. The molecule has 0 fully saturated rings. The van der Waals surface area contributed by atoms with Crippen LogP contribution in [0.25, 0.3) is 0 Å². The van der Waals surface area contributed by atoms with Gasteiger partial charge in [0.15, 0.2) is 0 Å². The molecule has 0 aliphatic heterocycles. The molecule has 0 spiro atoms. The number of anilines is 1. The van der Waals surface area contributed by atoms with Gasteiger partial charge in [0, 0.05) is 5.69 Å². The summed E-state index contributed by atoms with van der Waals surface area (Å²) in [6.07, 6.45) is 1.59. The van der Waals surface area contributed by atoms with Crippen molar-refractivity contribution >= 4 is 11.7 Å². The van der Waals surface area contributed by atoms with Crippen molar-refractivity contribution < 1.29 is 9.21 Å². The van der Waals surface area contributed by atoms with Gasteiger partial charge in [0.2, 0.25) is 0 Å². The molecular formula is C14H16N2O2. The van der Waals surface area contributed by atoms with E-state index in [-0.39, 0.29) is 12.1 Å². The zero-order chi connectivity index (χ0) is 13.0. The Morgan fingerprint density at radius 2 is 1.94 bits per heavy atom. The molecule has 2 aromatic rings. The minimum atomic E-state index is -0.247. The topological polar surface area (TPSA) is 54.3 Å². The third-order valence-electron chi connectivity index (χ3n) is 2.63. The number of furan rings is 1. The number of hydrogen-bond acceptors (Lipinski definition) is 2. The monoisotopic (exact) mass is 244 g/mol. The van der Waals surface area contributed by atoms with Crippen LogP contribution in [0.1, 0.15) is 24.3 Å². The molecule has 0 saturated carbocycles. The van der Waals surface area contributed by atoms with Gasteiger partial charge in [-0.25, -0.2) is 4.79 Å². The van der Waals surface area contributed by atoms with Crippen LogP contribution in [0.4, 0.5) is 10.5 Å². The van der Waals surface area contributed by atoms with Crippen LogP contribution in [0.2, 0.25) is 0 Å². The first-order chi connectivity index (χ1) is 8.65. The molecule has 0 aliphatic carbocycles. The number of hydrogen-bond donors (Lipinski definition) is 2. The predicted octanol–water partition coefficient (Wildman–Crippen LogP) is 3.47. The van der Waals surface area contributed by atoms with Crippen molar-refractivity contribution in [1.29, 1.82) is 0 Å². The van der Waals surface area contributed by atoms with E-state index in [2.05, 4.69) is 10.6 Å². The van der Waals surface area contributed by atoms with Gasteiger partial charge < -0.3 is 15.1 Å². The lowest BCUT2D eigenvalue weighted by atomic mass is 10.2. The second-order valence-electron chi connectivity index (χ2n) is 4.20. The van der Waals surface area contributed by atoms with Crippen LogP contribution in [0.15, 0.2) is 47.1 Å². The quantitative estimate of drug-likeness (QED) is 0.868. The van der Waals surface area contributed by atoms with E-state index in [0.717, 1.165) is 17.0 Å². The summed E-state index contributed by atoms with van der Waals surface area (Å²) >= 11 is 0. The zero-order valence-electron chi connectivity index (χ0n) is 10.4. The van der Waals surface area contributed by atoms with Crippen molar-refractivity contribution in [3.8, 4) is 0 Å². The normalized spacial score (nSPS) is 11.9. The molecule has 1 atom stereocenters. The molecule has 0 bridgehead atoms. The molecule has 4 nitrogen and oxygen atoms in total. The molecule has 94 valence electrons. The summed E-state index contributed by atoms with van der Waals surface area (Å²) in [6, 6.07) is 10.9. The lowest BCUT2D eigenvalue weighted by molar-refractivity contribution is 0.247. The highest BCUT2D eigenvalue weighted by molar-refractivity contribution is 5.89. The molecule has 0 unspecified atom stereocenters. The predicted molar refractivity (Wildman–Crippen MR) is 70.5 cm³/mol. The number of amides is 2. The van der Waals surface area contributed by atoms with Gasteiger partial charge >= 0.3 is 6.03 Å². The van der Waals surface area contributed by atoms with E-state index in [4.69, 9.17) is 4.42 Å². The van der Waals surface area contributed by atoms with E-state index >= 15 is 0 Å². The summed E-state index contributed by atoms with van der Waals surface area (Å²) in [4.78, 5) is 11.7. The maximum atomic E-state index is 11.7. The van der Waals surface area contributed by atoms with Crippen molar-refractivity contribution in [3.63, 3.8) is 0 Å². The van der Waals surface area contributed by atoms with Crippen LogP contribution >= 0.6 is 0 Å². The van der Waals surface area contributed by atoms with Crippen molar-refractivity contribution in [2.45, 2.75) is 19.9 Å². The lowest BCUT2D eigenvalue weighted by Crippen LogP contribution is -2.30. The lowest BCUT2D eigenvalue weighted by Gasteiger charge is -2.12. The number of carbonyl (C=O) groups excluding carboxylic acids is 1. The number of benzene rings is 1. The Balaban J connectivity index is 1.91. The molecule has 4 heteroatoms. The molecule has 18 heavy (non-hydrogen) atoms. The first kappa shape index (κ1) is 12.2. The Bertz CT molecular complexity index is 503. The van der Waals surface area contributed by atoms with E-state index in [1.165, 1.54) is 0 Å². The Hall–Kier alpha value is -2.23. The number of carbonyl (C=O) groups is 1. The van der Waals surface area contributed by atoms with Gasteiger partial charge in [-0.05, 0) is 38.1 Å². The van der Waals surface area contributed by atoms with Gasteiger partial charge in [0.1, 0.15) is 5.76 Å². The number of urea groups is 1. The van der Waals surface area contributed by atoms with E-state index in [9.17, 15) is 4.79 Å². The summed E-state index contributed by atoms with van der Waals surface area (Å²) in [6.45, 7) is 3.87. The Labute approximate surface area is 106 Å². The summed E-state index contributed by atoms with van der Waals surface area (Å²) in [5.74, 6) is 0.731. The van der Waals surface area contributed by atoms with Crippen LogP contribution in [0, 0.1) is 6.92 Å². The summed E-state index contributed by atoms with van der Waals surface area (Å²) in [7, 11) is 0. The minimum Gasteiger partial charge on any atom is -0.467 e. The highest BCUT2D eigenvalue weighted by atomic mass is 16.3. The molecule has 0 aliphatic rings. The Kier molecular flexibility index (Phi) is 3.67. The van der Waals surface area contributed by atoms with Gasteiger partial charge in [-0.2, -0.15) is 0 Å². The smallest absolute Gasteiger partial charge is 0.319 e. The fourth-order valence-electron chi connectivity index (χ4n) is 1.61. The van der Waals surface area contributed by atoms with E-state index in [1.54, 1.807) is 12.3 Å². The Morgan fingerprint density at radius 3 is 2.56 bits per heavy atom. The first-order valence-corrected chi connectivity index (χ1v) is 5.83. The second-order valence-corrected chi connectivity index (χ2v) is 4.20. The molecule has 0 radical (unpaired) electrons. The molecule has 1 aromatic heterocycles. The van der Waals surface area contributed by atoms with E-state index in [1.807, 2.05) is 44.2 Å². The molecular weight excluding hydrogens is 228 g/mol. The summed E-state index contributed by atoms with van der Waals surface area (Å²) in [5, 5.41) is 5.57. The molecule has 2 amide bonds. The number of rotatable bonds is 3. The van der Waals surface area contributed by atoms with Crippen LogP contribution < -0.4 is 10.6 Å². The molecule has 2 rings (SSSR count). The third kappa shape index (κ3) is 3.13. The van der Waals surface area contributed by atoms with E-state index in [0.29, 0.717) is 0 Å². The van der Waals surface area contributed by atoms with Crippen LogP contribution in [0.3, 0.4) is 0 Å². The van der Waals surface area contributed by atoms with Crippen molar-refractivity contribution in [2.75, 3.05) is 5.32 Å². The fourth-order valence-corrected chi connectivity index (χ4v) is 1.61. The summed E-state index contributed by atoms with van der Waals surface area (Å²) < 4.78 is 5.22. The summed E-state index contributed by atoms with van der Waals surface area (Å²) in [5.41, 5.74) is 1.93. The highest BCUT2D eigenvalue weighted by Gasteiger charge is 2.11. The van der Waals surface area contributed by atoms with Crippen molar-refractivity contribution in [2.24, 2.45) is 0 Å². The fraction of sp³-hybridized carbons (Fsp3) is 0.214. The van der Waals surface area contributed by atoms with Gasteiger partial charge in [0.05, 0.1) is 12.3 Å². The number of nitrogens with one attached hydrogen (secondary N) is 2.